The first-order valence-corrected chi connectivity index (χ1v) is 8.44. The summed E-state index contributed by atoms with van der Waals surface area (Å²) in [5.74, 6) is 0.236. The van der Waals surface area contributed by atoms with Gasteiger partial charge in [-0.3, -0.25) is 4.79 Å². The third kappa shape index (κ3) is 4.74. The first kappa shape index (κ1) is 17.8. The van der Waals surface area contributed by atoms with Gasteiger partial charge in [-0.15, -0.1) is 0 Å². The van der Waals surface area contributed by atoms with Gasteiger partial charge in [0.1, 0.15) is 5.75 Å². The van der Waals surface area contributed by atoms with E-state index in [1.165, 1.54) is 0 Å². The number of hydrazone groups is 1. The summed E-state index contributed by atoms with van der Waals surface area (Å²) in [6.07, 6.45) is 3.57. The molecule has 26 heavy (non-hydrogen) atoms. The first-order valence-electron chi connectivity index (χ1n) is 8.06. The Labute approximate surface area is 156 Å². The minimum atomic E-state index is -0.338. The zero-order valence-corrected chi connectivity index (χ0v) is 15.0. The number of nitrogens with one attached hydrogen (secondary N) is 1. The maximum Gasteiger partial charge on any atom is 0.277 e. The molecule has 0 fully saturated rings. The molecule has 0 bridgehead atoms. The molecule has 132 valence electrons. The Morgan fingerprint density at radius 3 is 2.65 bits per heavy atom. The lowest BCUT2D eigenvalue weighted by Gasteiger charge is -2.04. The van der Waals surface area contributed by atoms with Crippen LogP contribution in [0.5, 0.6) is 5.75 Å². The second-order valence-electron chi connectivity index (χ2n) is 5.66. The predicted octanol–water partition coefficient (Wildman–Crippen LogP) is 3.97. The molecule has 0 radical (unpaired) electrons. The number of nitrogens with zero attached hydrogens (tertiary/aromatic N) is 2. The number of hydrogen-bond acceptors (Lipinski definition) is 3. The third-order valence-electron chi connectivity index (χ3n) is 3.65. The summed E-state index contributed by atoms with van der Waals surface area (Å²) in [4.78, 5) is 11.8. The van der Waals surface area contributed by atoms with Crippen molar-refractivity contribution < 1.29 is 9.53 Å². The lowest BCUT2D eigenvalue weighted by atomic mass is 10.3. The van der Waals surface area contributed by atoms with Crippen LogP contribution >= 0.6 is 11.6 Å². The molecule has 6 heteroatoms. The Balaban J connectivity index is 1.53. The molecule has 0 aliphatic heterocycles. The number of hydrogen-bond donors (Lipinski definition) is 1. The average molecular weight is 368 g/mol. The number of carbonyl (C=O) groups is 1. The molecule has 0 atom stereocenters. The molecule has 0 saturated heterocycles. The predicted molar refractivity (Wildman–Crippen MR) is 103 cm³/mol. The van der Waals surface area contributed by atoms with Crippen LogP contribution in [0.2, 0.25) is 5.02 Å². The largest absolute Gasteiger partial charge is 0.484 e. The van der Waals surface area contributed by atoms with Gasteiger partial charge < -0.3 is 9.30 Å². The van der Waals surface area contributed by atoms with Gasteiger partial charge in [-0.2, -0.15) is 5.10 Å². The Bertz CT molecular complexity index is 903. The van der Waals surface area contributed by atoms with Gasteiger partial charge in [-0.05, 0) is 49.4 Å². The van der Waals surface area contributed by atoms with Gasteiger partial charge in [0.15, 0.2) is 6.61 Å². The number of benzene rings is 2. The third-order valence-corrected chi connectivity index (χ3v) is 3.91. The van der Waals surface area contributed by atoms with Gasteiger partial charge in [0, 0.05) is 28.2 Å². The number of ether oxygens (including phenoxy) is 1. The van der Waals surface area contributed by atoms with Crippen molar-refractivity contribution in [2.24, 2.45) is 5.10 Å². The highest BCUT2D eigenvalue weighted by molar-refractivity contribution is 6.30. The summed E-state index contributed by atoms with van der Waals surface area (Å²) >= 11 is 5.80. The topological polar surface area (TPSA) is 55.6 Å². The van der Waals surface area contributed by atoms with Crippen molar-refractivity contribution in [1.29, 1.82) is 0 Å². The van der Waals surface area contributed by atoms with Crippen LogP contribution in [0, 0.1) is 6.92 Å². The highest BCUT2D eigenvalue weighted by Gasteiger charge is 2.04. The monoisotopic (exact) mass is 367 g/mol. The van der Waals surface area contributed by atoms with Crippen molar-refractivity contribution >= 4 is 23.7 Å². The zero-order valence-electron chi connectivity index (χ0n) is 14.2. The van der Waals surface area contributed by atoms with Crippen LogP contribution in [0.25, 0.3) is 5.69 Å². The fourth-order valence-electron chi connectivity index (χ4n) is 2.43. The molecular weight excluding hydrogens is 350 g/mol. The molecule has 5 nitrogen and oxygen atoms in total. The Morgan fingerprint density at radius 2 is 1.92 bits per heavy atom. The first-order chi connectivity index (χ1) is 12.6. The molecule has 1 heterocycles. The molecule has 0 unspecified atom stereocenters. The van der Waals surface area contributed by atoms with Gasteiger partial charge in [0.25, 0.3) is 5.91 Å². The van der Waals surface area contributed by atoms with E-state index in [1.54, 1.807) is 30.5 Å². The van der Waals surface area contributed by atoms with E-state index in [-0.39, 0.29) is 12.5 Å². The van der Waals surface area contributed by atoms with Gasteiger partial charge in [0.2, 0.25) is 0 Å². The van der Waals surface area contributed by atoms with Crippen LogP contribution in [0.3, 0.4) is 0 Å². The van der Waals surface area contributed by atoms with Crippen LogP contribution in [0.15, 0.2) is 72.0 Å². The van der Waals surface area contributed by atoms with E-state index >= 15 is 0 Å². The van der Waals surface area contributed by atoms with E-state index in [0.717, 1.165) is 16.9 Å². The van der Waals surface area contributed by atoms with Crippen molar-refractivity contribution in [3.63, 3.8) is 0 Å². The normalized spacial score (nSPS) is 10.8. The Kier molecular flexibility index (Phi) is 5.71. The highest BCUT2D eigenvalue weighted by atomic mass is 35.5. The Hall–Kier alpha value is -3.05. The van der Waals surface area contributed by atoms with Gasteiger partial charge >= 0.3 is 0 Å². The van der Waals surface area contributed by atoms with Crippen LogP contribution < -0.4 is 10.2 Å². The van der Waals surface area contributed by atoms with Gasteiger partial charge in [0.05, 0.1) is 6.21 Å². The lowest BCUT2D eigenvalue weighted by Crippen LogP contribution is -2.24. The number of rotatable bonds is 6. The Morgan fingerprint density at radius 1 is 1.19 bits per heavy atom. The summed E-state index contributed by atoms with van der Waals surface area (Å²) in [6, 6.07) is 18.8. The molecule has 2 aromatic carbocycles. The van der Waals surface area contributed by atoms with E-state index in [1.807, 2.05) is 49.5 Å². The van der Waals surface area contributed by atoms with Crippen molar-refractivity contribution in [3.8, 4) is 11.4 Å². The van der Waals surface area contributed by atoms with Crippen molar-refractivity contribution in [2.45, 2.75) is 6.92 Å². The van der Waals surface area contributed by atoms with Crippen LogP contribution in [-0.4, -0.2) is 23.3 Å². The second kappa shape index (κ2) is 8.36. The molecule has 3 aromatic rings. The summed E-state index contributed by atoms with van der Waals surface area (Å²) in [5, 5.41) is 4.59. The minimum absolute atomic E-state index is 0.122. The SMILES string of the molecule is Cc1cc(/C=N\NC(=O)COc2ccc(Cl)cc2)cn1-c1ccccc1. The number of carbonyl (C=O) groups excluding carboxylic acids is 1. The number of amides is 1. The standard InChI is InChI=1S/C20H18ClN3O2/c1-15-11-16(13-24(15)18-5-3-2-4-6-18)12-22-23-20(25)14-26-19-9-7-17(21)8-10-19/h2-13H,14H2,1H3,(H,23,25)/b22-12-. The fourth-order valence-corrected chi connectivity index (χ4v) is 2.55. The fraction of sp³-hybridized carbons (Fsp3) is 0.100. The zero-order chi connectivity index (χ0) is 18.4. The van der Waals surface area contributed by atoms with Crippen LogP contribution in [-0.2, 0) is 4.79 Å². The molecular formula is C20H18ClN3O2. The number of para-hydroxylation sites is 1. The van der Waals surface area contributed by atoms with Crippen LogP contribution in [0.4, 0.5) is 0 Å². The second-order valence-corrected chi connectivity index (χ2v) is 6.09. The van der Waals surface area contributed by atoms with Gasteiger partial charge in [-0.25, -0.2) is 5.43 Å². The van der Waals surface area contributed by atoms with Gasteiger partial charge in [-0.1, -0.05) is 29.8 Å². The number of halogens is 1. The minimum Gasteiger partial charge on any atom is -0.484 e. The molecule has 1 aromatic heterocycles. The molecule has 1 N–H and O–H groups in total. The summed E-state index contributed by atoms with van der Waals surface area (Å²) < 4.78 is 7.42. The lowest BCUT2D eigenvalue weighted by molar-refractivity contribution is -0.123. The summed E-state index contributed by atoms with van der Waals surface area (Å²) in [6.45, 7) is 1.89. The van der Waals surface area contributed by atoms with E-state index in [0.29, 0.717) is 10.8 Å². The molecule has 0 saturated carbocycles. The average Bonchev–Trinajstić information content (AvgIpc) is 3.02. The molecule has 0 aliphatic rings. The van der Waals surface area contributed by atoms with E-state index in [9.17, 15) is 4.79 Å². The number of aromatic nitrogens is 1. The van der Waals surface area contributed by atoms with Crippen molar-refractivity contribution in [2.75, 3.05) is 6.61 Å². The summed E-state index contributed by atoms with van der Waals surface area (Å²) in [7, 11) is 0. The molecule has 1 amide bonds. The molecule has 0 spiro atoms. The smallest absolute Gasteiger partial charge is 0.277 e. The van der Waals surface area contributed by atoms with Crippen molar-refractivity contribution in [1.82, 2.24) is 9.99 Å². The van der Waals surface area contributed by atoms with Crippen molar-refractivity contribution in [3.05, 3.63) is 83.1 Å². The van der Waals surface area contributed by atoms with E-state index in [4.69, 9.17) is 16.3 Å². The van der Waals surface area contributed by atoms with Crippen LogP contribution in [0.1, 0.15) is 11.3 Å². The quantitative estimate of drug-likeness (QED) is 0.529. The van der Waals surface area contributed by atoms with E-state index < -0.39 is 0 Å². The highest BCUT2D eigenvalue weighted by Crippen LogP contribution is 2.15. The number of aryl methyl sites for hydroxylation is 1. The maximum atomic E-state index is 11.8. The molecule has 0 aliphatic carbocycles. The molecule has 3 rings (SSSR count). The summed E-state index contributed by atoms with van der Waals surface area (Å²) in [5.41, 5.74) is 5.50. The van der Waals surface area contributed by atoms with E-state index in [2.05, 4.69) is 15.1 Å². The maximum absolute atomic E-state index is 11.8.